The normalized spacial score (nSPS) is 13.3. The molecule has 67 heavy (non-hydrogen) atoms. The number of aromatic nitrogens is 1. The van der Waals surface area contributed by atoms with Crippen LogP contribution in [0.2, 0.25) is 0 Å². The summed E-state index contributed by atoms with van der Waals surface area (Å²) >= 11 is 0. The molecule has 11 aromatic rings. The second-order valence-electron chi connectivity index (χ2n) is 21.3. The molecule has 0 saturated carbocycles. The van der Waals surface area contributed by atoms with Crippen molar-refractivity contribution in [3.8, 4) is 11.1 Å². The minimum atomic E-state index is -0.0796. The predicted octanol–water partition coefficient (Wildman–Crippen LogP) is 15.4. The monoisotopic (exact) mass is 860 g/mol. The lowest BCUT2D eigenvalue weighted by Gasteiger charge is -2.42. The average Bonchev–Trinajstić information content (AvgIpc) is 3.67. The zero-order valence-electron chi connectivity index (χ0n) is 39.3. The van der Waals surface area contributed by atoms with Crippen LogP contribution < -0.4 is 15.8 Å². The maximum atomic E-state index is 2.72. The summed E-state index contributed by atoms with van der Waals surface area (Å²) in [6.07, 6.45) is 1.67. The van der Waals surface area contributed by atoms with Crippen LogP contribution in [0.3, 0.4) is 0 Å². The van der Waals surface area contributed by atoms with Crippen molar-refractivity contribution < 1.29 is 0 Å². The first-order valence-electron chi connectivity index (χ1n) is 24.1. The largest absolute Gasteiger partial charge is 0.375 e. The topological polar surface area (TPSA) is 8.17 Å². The Hall–Kier alpha value is -7.36. The molecule has 0 amide bonds. The van der Waals surface area contributed by atoms with Crippen LogP contribution in [0.1, 0.15) is 74.9 Å². The highest BCUT2D eigenvalue weighted by Gasteiger charge is 2.44. The Morgan fingerprint density at radius 2 is 0.970 bits per heavy atom. The summed E-state index contributed by atoms with van der Waals surface area (Å²) in [7, 11) is 0. The zero-order chi connectivity index (χ0) is 45.3. The van der Waals surface area contributed by atoms with Gasteiger partial charge in [-0.15, -0.1) is 0 Å². The van der Waals surface area contributed by atoms with Gasteiger partial charge in [0.05, 0.1) is 0 Å². The Morgan fingerprint density at radius 3 is 1.60 bits per heavy atom. The molecule has 2 aliphatic rings. The molecule has 2 nitrogen and oxygen atoms in total. The van der Waals surface area contributed by atoms with Gasteiger partial charge >= 0.3 is 6.85 Å². The van der Waals surface area contributed by atoms with Gasteiger partial charge in [0.25, 0.3) is 0 Å². The van der Waals surface area contributed by atoms with Gasteiger partial charge in [0.2, 0.25) is 0 Å². The fourth-order valence-electron chi connectivity index (χ4n) is 11.9. The van der Waals surface area contributed by atoms with Gasteiger partial charge < -0.3 is 9.38 Å². The summed E-state index contributed by atoms with van der Waals surface area (Å²) in [6.45, 7) is 14.1. The molecule has 0 spiro atoms. The van der Waals surface area contributed by atoms with Crippen molar-refractivity contribution in [2.24, 2.45) is 0 Å². The SMILES string of the molecule is CC(C)(C)c1cc(N2c3cc4c(Cc5ccccc5)c5ccccc5c(Cc5ccccc5)c4cc3B3c4c2cc2ccccc2c4-c2cccc4c5ccccc5n3c24)cc(C(C)(C)C)c1. The molecule has 0 saturated heterocycles. The standard InChI is InChI=1S/C64H53BN2/c1-63(2,3)43-35-44(64(4,5)6)37-45(36-43)66-58-39-55-53(33-41-22-11-8-12-23-41)48-27-16-15-26-47(48)52(32-40-20-9-7-10-21-40)54(55)38-56(58)65-61-59(66)34-42-24-13-14-25-46(42)60(61)51-30-19-29-50-49-28-17-18-31-57(49)67(65)62(50)51/h7-31,34-39H,32-33H2,1-6H3. The third-order valence-corrected chi connectivity index (χ3v) is 15.1. The Balaban J connectivity index is 1.24. The van der Waals surface area contributed by atoms with Crippen molar-refractivity contribution in [3.05, 3.63) is 221 Å². The second-order valence-corrected chi connectivity index (χ2v) is 21.3. The van der Waals surface area contributed by atoms with Gasteiger partial charge in [-0.1, -0.05) is 199 Å². The van der Waals surface area contributed by atoms with Gasteiger partial charge in [0.15, 0.2) is 0 Å². The van der Waals surface area contributed by atoms with Gasteiger partial charge in [-0.3, -0.25) is 0 Å². The fourth-order valence-corrected chi connectivity index (χ4v) is 11.9. The number of fused-ring (bicyclic) bond motifs is 11. The van der Waals surface area contributed by atoms with Crippen molar-refractivity contribution in [2.45, 2.75) is 65.2 Å². The molecule has 3 heteroatoms. The Labute approximate surface area is 394 Å². The Morgan fingerprint density at radius 1 is 0.433 bits per heavy atom. The van der Waals surface area contributed by atoms with E-state index in [9.17, 15) is 0 Å². The number of hydrogen-bond donors (Lipinski definition) is 0. The number of hydrogen-bond acceptors (Lipinski definition) is 1. The maximum absolute atomic E-state index is 2.72. The highest BCUT2D eigenvalue weighted by molar-refractivity contribution is 6.90. The van der Waals surface area contributed by atoms with E-state index in [0.717, 1.165) is 12.8 Å². The third-order valence-electron chi connectivity index (χ3n) is 15.1. The predicted molar refractivity (Wildman–Crippen MR) is 288 cm³/mol. The van der Waals surface area contributed by atoms with Crippen LogP contribution in [-0.4, -0.2) is 11.3 Å². The van der Waals surface area contributed by atoms with Crippen molar-refractivity contribution in [3.63, 3.8) is 0 Å². The van der Waals surface area contributed by atoms with E-state index < -0.39 is 0 Å². The first kappa shape index (κ1) is 40.0. The molecular weight excluding hydrogens is 808 g/mol. The molecule has 0 bridgehead atoms. The van der Waals surface area contributed by atoms with E-state index >= 15 is 0 Å². The molecule has 2 aliphatic heterocycles. The van der Waals surface area contributed by atoms with Crippen LogP contribution in [0, 0.1) is 0 Å². The van der Waals surface area contributed by atoms with E-state index in [2.05, 4.69) is 239 Å². The number of rotatable bonds is 5. The van der Waals surface area contributed by atoms with Crippen molar-refractivity contribution in [1.29, 1.82) is 0 Å². The molecule has 13 rings (SSSR count). The molecular formula is C64H53BN2. The average molecular weight is 861 g/mol. The number of nitrogens with zero attached hydrogens (tertiary/aromatic N) is 2. The summed E-state index contributed by atoms with van der Waals surface area (Å²) in [4.78, 5) is 2.68. The molecule has 0 aliphatic carbocycles. The highest BCUT2D eigenvalue weighted by atomic mass is 15.2. The smallest absolute Gasteiger partial charge is 0.333 e. The van der Waals surface area contributed by atoms with Crippen LogP contribution in [-0.2, 0) is 23.7 Å². The molecule has 0 radical (unpaired) electrons. The lowest BCUT2D eigenvalue weighted by molar-refractivity contribution is 0.569. The minimum absolute atomic E-state index is 0.0634. The summed E-state index contributed by atoms with van der Waals surface area (Å²) in [5.74, 6) is 0. The second kappa shape index (κ2) is 14.6. The van der Waals surface area contributed by atoms with Gasteiger partial charge in [-0.25, -0.2) is 0 Å². The Kier molecular flexibility index (Phi) is 8.69. The summed E-state index contributed by atoms with van der Waals surface area (Å²) < 4.78 is 2.72. The van der Waals surface area contributed by atoms with Crippen LogP contribution in [0.5, 0.6) is 0 Å². The van der Waals surface area contributed by atoms with E-state index in [-0.39, 0.29) is 17.7 Å². The van der Waals surface area contributed by atoms with E-state index in [4.69, 9.17) is 0 Å². The zero-order valence-corrected chi connectivity index (χ0v) is 39.3. The van der Waals surface area contributed by atoms with Crippen LogP contribution in [0.4, 0.5) is 17.1 Å². The van der Waals surface area contributed by atoms with Gasteiger partial charge in [-0.2, -0.15) is 0 Å². The lowest BCUT2D eigenvalue weighted by atomic mass is 9.44. The summed E-state index contributed by atoms with van der Waals surface area (Å²) in [5, 5.41) is 10.5. The van der Waals surface area contributed by atoms with E-state index in [1.54, 1.807) is 0 Å². The quantitative estimate of drug-likeness (QED) is 0.124. The van der Waals surface area contributed by atoms with E-state index in [1.165, 1.54) is 127 Å². The summed E-state index contributed by atoms with van der Waals surface area (Å²) in [6, 6.07) is 71.9. The van der Waals surface area contributed by atoms with E-state index in [0.29, 0.717) is 0 Å². The van der Waals surface area contributed by atoms with Crippen molar-refractivity contribution in [1.82, 2.24) is 4.48 Å². The molecule has 0 fully saturated rings. The fraction of sp³-hybridized carbons (Fsp3) is 0.156. The molecule has 1 aromatic heterocycles. The number of benzene rings is 10. The van der Waals surface area contributed by atoms with Crippen LogP contribution in [0.15, 0.2) is 188 Å². The number of anilines is 3. The summed E-state index contributed by atoms with van der Waals surface area (Å²) in [5.41, 5.74) is 19.6. The first-order chi connectivity index (χ1) is 32.5. The number of para-hydroxylation sites is 2. The molecule has 0 N–H and O–H groups in total. The van der Waals surface area contributed by atoms with Gasteiger partial charge in [0, 0.05) is 44.4 Å². The van der Waals surface area contributed by atoms with E-state index in [1.807, 2.05) is 0 Å². The first-order valence-corrected chi connectivity index (χ1v) is 24.1. The third kappa shape index (κ3) is 6.10. The van der Waals surface area contributed by atoms with Crippen LogP contribution >= 0.6 is 0 Å². The maximum Gasteiger partial charge on any atom is 0.333 e. The van der Waals surface area contributed by atoms with Gasteiger partial charge in [0.1, 0.15) is 0 Å². The molecule has 322 valence electrons. The molecule has 3 heterocycles. The molecule has 0 unspecified atom stereocenters. The Bertz CT molecular complexity index is 3790. The molecule has 10 aromatic carbocycles. The van der Waals surface area contributed by atoms with Crippen LogP contribution in [0.25, 0.3) is 65.3 Å². The molecule has 0 atom stereocenters. The van der Waals surface area contributed by atoms with Crippen molar-refractivity contribution in [2.75, 3.05) is 4.90 Å². The van der Waals surface area contributed by atoms with Gasteiger partial charge in [-0.05, 0) is 136 Å². The lowest BCUT2D eigenvalue weighted by Crippen LogP contribution is -2.56. The van der Waals surface area contributed by atoms with Crippen molar-refractivity contribution >= 4 is 89.0 Å². The minimum Gasteiger partial charge on any atom is -0.375 e. The highest BCUT2D eigenvalue weighted by Crippen LogP contribution is 2.50.